The molecule has 1 aliphatic heterocycles. The minimum Gasteiger partial charge on any atom is -0.457 e. The molecule has 2 N–H and O–H groups in total. The van der Waals surface area contributed by atoms with E-state index >= 15 is 0 Å². The van der Waals surface area contributed by atoms with Crippen LogP contribution in [0.15, 0.2) is 74.9 Å². The number of halogens is 1. The summed E-state index contributed by atoms with van der Waals surface area (Å²) >= 11 is 8.87. The van der Waals surface area contributed by atoms with E-state index in [-0.39, 0.29) is 10.8 Å². The van der Waals surface area contributed by atoms with Gasteiger partial charge < -0.3 is 4.42 Å². The first-order chi connectivity index (χ1) is 14.7. The van der Waals surface area contributed by atoms with Gasteiger partial charge in [-0.3, -0.25) is 9.69 Å². The van der Waals surface area contributed by atoms with Crippen LogP contribution in [-0.2, 0) is 21.4 Å². The van der Waals surface area contributed by atoms with Crippen molar-refractivity contribution in [3.05, 3.63) is 80.5 Å². The number of furan rings is 1. The number of carbonyl (C=O) groups excluding carboxylic acids is 1. The topological polar surface area (TPSA) is 93.6 Å². The number of hydrogen-bond acceptors (Lipinski definition) is 6. The fourth-order valence-corrected chi connectivity index (χ4v) is 5.34. The second kappa shape index (κ2) is 8.87. The van der Waals surface area contributed by atoms with Gasteiger partial charge in [0.25, 0.3) is 5.91 Å². The summed E-state index contributed by atoms with van der Waals surface area (Å²) in [6.45, 7) is 0.415. The van der Waals surface area contributed by atoms with E-state index in [1.54, 1.807) is 35.2 Å². The van der Waals surface area contributed by atoms with Crippen molar-refractivity contribution in [2.75, 3.05) is 0 Å². The van der Waals surface area contributed by atoms with Gasteiger partial charge in [-0.1, -0.05) is 36.1 Å². The lowest BCUT2D eigenvalue weighted by Gasteiger charge is -2.14. The third kappa shape index (κ3) is 5.09. The van der Waals surface area contributed by atoms with Crippen molar-refractivity contribution < 1.29 is 17.6 Å². The van der Waals surface area contributed by atoms with Crippen molar-refractivity contribution in [2.45, 2.75) is 11.4 Å². The summed E-state index contributed by atoms with van der Waals surface area (Å²) < 4.78 is 30.2. The normalized spacial score (nSPS) is 15.8. The summed E-state index contributed by atoms with van der Waals surface area (Å²) in [5.41, 5.74) is 1.70. The van der Waals surface area contributed by atoms with Crippen LogP contribution in [0.3, 0.4) is 0 Å². The number of benzene rings is 2. The number of thiocarbonyl (C=S) groups is 1. The number of thioether (sulfide) groups is 1. The second-order valence-electron chi connectivity index (χ2n) is 6.67. The Balaban J connectivity index is 1.52. The number of nitrogens with zero attached hydrogens (tertiary/aromatic N) is 1. The number of hydrogen-bond donors (Lipinski definition) is 1. The maximum Gasteiger partial charge on any atom is 0.266 e. The summed E-state index contributed by atoms with van der Waals surface area (Å²) in [6, 6.07) is 17.5. The standard InChI is InChI=1S/C21H15IN2O4S3/c22-15-3-1-2-13(10-15)12-24-20(25)19(30-21(24)29)11-16-6-9-18(28-16)14-4-7-17(8-5-14)31(23,26)27/h1-11H,12H2,(H2,23,26,27). The molecule has 1 aliphatic rings. The van der Waals surface area contributed by atoms with Crippen LogP contribution < -0.4 is 5.14 Å². The molecule has 1 fully saturated rings. The first kappa shape index (κ1) is 22.2. The molecule has 31 heavy (non-hydrogen) atoms. The highest BCUT2D eigenvalue weighted by Crippen LogP contribution is 2.34. The number of nitrogens with two attached hydrogens (primary N) is 1. The van der Waals surface area contributed by atoms with Gasteiger partial charge in [0.15, 0.2) is 0 Å². The molecule has 2 aromatic carbocycles. The van der Waals surface area contributed by atoms with E-state index in [2.05, 4.69) is 22.6 Å². The Bertz CT molecular complexity index is 1310. The van der Waals surface area contributed by atoms with E-state index in [0.29, 0.717) is 32.9 Å². The summed E-state index contributed by atoms with van der Waals surface area (Å²) in [6.07, 6.45) is 1.66. The summed E-state index contributed by atoms with van der Waals surface area (Å²) in [4.78, 5) is 14.9. The van der Waals surface area contributed by atoms with Crippen molar-refractivity contribution in [2.24, 2.45) is 5.14 Å². The number of rotatable bonds is 5. The van der Waals surface area contributed by atoms with E-state index in [9.17, 15) is 13.2 Å². The summed E-state index contributed by atoms with van der Waals surface area (Å²) in [5, 5.41) is 5.12. The fraction of sp³-hybridized carbons (Fsp3) is 0.0476. The highest BCUT2D eigenvalue weighted by atomic mass is 127. The molecule has 0 spiro atoms. The predicted molar refractivity (Wildman–Crippen MR) is 133 cm³/mol. The first-order valence-corrected chi connectivity index (χ1v) is 12.8. The van der Waals surface area contributed by atoms with Crippen LogP contribution in [-0.4, -0.2) is 23.5 Å². The van der Waals surface area contributed by atoms with Gasteiger partial charge in [0.05, 0.1) is 16.3 Å². The molecule has 3 aromatic rings. The van der Waals surface area contributed by atoms with Crippen LogP contribution in [0.25, 0.3) is 17.4 Å². The second-order valence-corrected chi connectivity index (χ2v) is 11.2. The van der Waals surface area contributed by atoms with Gasteiger partial charge in [0.2, 0.25) is 10.0 Å². The van der Waals surface area contributed by atoms with Crippen LogP contribution in [0.4, 0.5) is 0 Å². The maximum absolute atomic E-state index is 12.9. The quantitative estimate of drug-likeness (QED) is 0.269. The van der Waals surface area contributed by atoms with E-state index in [1.807, 2.05) is 24.3 Å². The van der Waals surface area contributed by atoms with Crippen LogP contribution in [0.5, 0.6) is 0 Å². The van der Waals surface area contributed by atoms with Gasteiger partial charge in [0.1, 0.15) is 15.8 Å². The molecule has 0 unspecified atom stereocenters. The average molecular weight is 582 g/mol. The monoisotopic (exact) mass is 582 g/mol. The molecular formula is C21H15IN2O4S3. The highest BCUT2D eigenvalue weighted by Gasteiger charge is 2.32. The number of primary sulfonamides is 1. The first-order valence-electron chi connectivity index (χ1n) is 8.93. The molecule has 0 bridgehead atoms. The van der Waals surface area contributed by atoms with Gasteiger partial charge in [-0.25, -0.2) is 13.6 Å². The fourth-order valence-electron chi connectivity index (χ4n) is 2.98. The largest absolute Gasteiger partial charge is 0.457 e. The Morgan fingerprint density at radius 2 is 1.87 bits per heavy atom. The predicted octanol–water partition coefficient (Wildman–Crippen LogP) is 4.60. The maximum atomic E-state index is 12.9. The highest BCUT2D eigenvalue weighted by molar-refractivity contribution is 14.1. The SMILES string of the molecule is NS(=O)(=O)c1ccc(-c2ccc(C=C3SC(=S)N(Cc4cccc(I)c4)C3=O)o2)cc1. The molecule has 158 valence electrons. The number of carbonyl (C=O) groups is 1. The van der Waals surface area contributed by atoms with E-state index in [1.165, 1.54) is 23.9 Å². The van der Waals surface area contributed by atoms with Crippen LogP contribution in [0, 0.1) is 3.57 Å². The van der Waals surface area contributed by atoms with E-state index in [0.717, 1.165) is 9.13 Å². The van der Waals surface area contributed by atoms with Crippen LogP contribution in [0.1, 0.15) is 11.3 Å². The van der Waals surface area contributed by atoms with Crippen molar-refractivity contribution >= 4 is 72.9 Å². The minimum atomic E-state index is -3.75. The van der Waals surface area contributed by atoms with Crippen LogP contribution in [0.2, 0.25) is 0 Å². The third-order valence-electron chi connectivity index (χ3n) is 4.47. The Kier molecular flexibility index (Phi) is 6.35. The molecule has 0 radical (unpaired) electrons. The van der Waals surface area contributed by atoms with Crippen molar-refractivity contribution in [1.82, 2.24) is 4.90 Å². The molecule has 4 rings (SSSR count). The summed E-state index contributed by atoms with van der Waals surface area (Å²) in [7, 11) is -3.75. The smallest absolute Gasteiger partial charge is 0.266 e. The van der Waals surface area contributed by atoms with Gasteiger partial charge in [0, 0.05) is 15.2 Å². The van der Waals surface area contributed by atoms with Crippen molar-refractivity contribution in [1.29, 1.82) is 0 Å². The lowest BCUT2D eigenvalue weighted by Crippen LogP contribution is -2.27. The molecule has 0 saturated carbocycles. The summed E-state index contributed by atoms with van der Waals surface area (Å²) in [5.74, 6) is 0.881. The Morgan fingerprint density at radius 1 is 1.13 bits per heavy atom. The van der Waals surface area contributed by atoms with Gasteiger partial charge in [-0.2, -0.15) is 0 Å². The Labute approximate surface area is 202 Å². The molecule has 2 heterocycles. The molecule has 10 heteroatoms. The van der Waals surface area contributed by atoms with Gasteiger partial charge >= 0.3 is 0 Å². The molecule has 0 aliphatic carbocycles. The van der Waals surface area contributed by atoms with E-state index < -0.39 is 10.0 Å². The third-order valence-corrected chi connectivity index (χ3v) is 7.45. The Morgan fingerprint density at radius 3 is 2.55 bits per heavy atom. The molecule has 1 amide bonds. The van der Waals surface area contributed by atoms with Crippen molar-refractivity contribution in [3.8, 4) is 11.3 Å². The molecule has 6 nitrogen and oxygen atoms in total. The molecule has 1 aromatic heterocycles. The average Bonchev–Trinajstić information content (AvgIpc) is 3.28. The zero-order valence-corrected chi connectivity index (χ0v) is 20.4. The minimum absolute atomic E-state index is 0.0276. The van der Waals surface area contributed by atoms with Crippen molar-refractivity contribution in [3.63, 3.8) is 0 Å². The molecular weight excluding hydrogens is 567 g/mol. The number of amides is 1. The lowest BCUT2D eigenvalue weighted by atomic mass is 10.2. The van der Waals surface area contributed by atoms with Gasteiger partial charge in [-0.05, 0) is 76.7 Å². The number of sulfonamides is 1. The zero-order valence-electron chi connectivity index (χ0n) is 15.8. The molecule has 0 atom stereocenters. The molecule has 1 saturated heterocycles. The van der Waals surface area contributed by atoms with E-state index in [4.69, 9.17) is 21.8 Å². The van der Waals surface area contributed by atoms with Gasteiger partial charge in [-0.15, -0.1) is 0 Å². The zero-order chi connectivity index (χ0) is 22.2. The Hall–Kier alpha value is -1.99. The van der Waals surface area contributed by atoms with Crippen LogP contribution >= 0.6 is 46.6 Å². The lowest BCUT2D eigenvalue weighted by molar-refractivity contribution is -0.122.